The lowest BCUT2D eigenvalue weighted by Gasteiger charge is -2.37. The Hall–Kier alpha value is -3.87. The standard InChI is InChI=1S/C32H30F6N6O2S/c1-30(45)6-9-43(10-7-30)28-18-11-20(32(36,37)38)23(17-3-4-21(34)26-22(17)19(13-39)27(40)47-26)24(35)25(18)41-29(42-28)46-15-31-5-2-8-44(31)14-16(33)12-31/h3-4,11,16,45H,2,5-10,12,14-15,40H2,1H3/t16-,31?/m1/s1. The van der Waals surface area contributed by atoms with Crippen molar-refractivity contribution in [3.8, 4) is 23.2 Å². The fourth-order valence-corrected chi connectivity index (χ4v) is 8.29. The van der Waals surface area contributed by atoms with Gasteiger partial charge in [-0.2, -0.15) is 28.4 Å². The van der Waals surface area contributed by atoms with Crippen LogP contribution in [-0.2, 0) is 6.18 Å². The molecule has 2 aromatic heterocycles. The number of aliphatic hydroxyl groups is 1. The van der Waals surface area contributed by atoms with Crippen molar-refractivity contribution in [2.75, 3.05) is 43.4 Å². The molecule has 3 N–H and O–H groups in total. The van der Waals surface area contributed by atoms with Gasteiger partial charge in [0.2, 0.25) is 0 Å². The number of halogens is 6. The Kier molecular flexibility index (Phi) is 7.49. The van der Waals surface area contributed by atoms with Gasteiger partial charge in [0.05, 0.1) is 27.0 Å². The van der Waals surface area contributed by atoms with Crippen molar-refractivity contribution in [1.29, 1.82) is 5.26 Å². The Balaban J connectivity index is 1.45. The van der Waals surface area contributed by atoms with Crippen LogP contribution in [0.4, 0.5) is 37.2 Å². The number of ether oxygens (including phenoxy) is 1. The molecular formula is C32H30F6N6O2S. The average Bonchev–Trinajstić information content (AvgIpc) is 3.65. The summed E-state index contributed by atoms with van der Waals surface area (Å²) in [6.45, 7) is 3.05. The van der Waals surface area contributed by atoms with Crippen LogP contribution in [0, 0.1) is 23.0 Å². The zero-order chi connectivity index (χ0) is 33.5. The number of thiophene rings is 1. The van der Waals surface area contributed by atoms with Gasteiger partial charge in [-0.1, -0.05) is 6.07 Å². The van der Waals surface area contributed by atoms with Crippen molar-refractivity contribution >= 4 is 43.1 Å². The van der Waals surface area contributed by atoms with Gasteiger partial charge in [-0.25, -0.2) is 13.2 Å². The second-order valence-corrected chi connectivity index (χ2v) is 14.0. The molecule has 0 amide bonds. The maximum absolute atomic E-state index is 16.9. The molecule has 3 fully saturated rings. The van der Waals surface area contributed by atoms with Gasteiger partial charge in [0.1, 0.15) is 41.0 Å². The summed E-state index contributed by atoms with van der Waals surface area (Å²) in [6, 6.07) is 4.19. The number of benzene rings is 2. The van der Waals surface area contributed by atoms with Crippen LogP contribution in [0.3, 0.4) is 0 Å². The molecule has 3 saturated heterocycles. The number of anilines is 2. The van der Waals surface area contributed by atoms with Crippen LogP contribution in [0.1, 0.15) is 50.2 Å². The fourth-order valence-electron chi connectivity index (χ4n) is 7.34. The minimum absolute atomic E-state index is 0.000479. The predicted molar refractivity (Wildman–Crippen MR) is 165 cm³/mol. The summed E-state index contributed by atoms with van der Waals surface area (Å²) < 4.78 is 96.6. The number of fused-ring (bicyclic) bond motifs is 3. The second kappa shape index (κ2) is 11.1. The molecule has 1 unspecified atom stereocenters. The molecule has 3 aliphatic rings. The summed E-state index contributed by atoms with van der Waals surface area (Å²) in [7, 11) is 0. The van der Waals surface area contributed by atoms with E-state index < -0.39 is 51.8 Å². The van der Waals surface area contributed by atoms with Crippen molar-refractivity contribution in [3.05, 3.63) is 41.0 Å². The molecular weight excluding hydrogens is 646 g/mol. The molecule has 7 rings (SSSR count). The number of nitriles is 1. The third kappa shape index (κ3) is 5.30. The highest BCUT2D eigenvalue weighted by Gasteiger charge is 2.49. The third-order valence-corrected chi connectivity index (χ3v) is 10.8. The summed E-state index contributed by atoms with van der Waals surface area (Å²) in [4.78, 5) is 12.4. The van der Waals surface area contributed by atoms with Crippen LogP contribution in [0.5, 0.6) is 6.01 Å². The molecule has 8 nitrogen and oxygen atoms in total. The number of piperidine rings is 1. The molecule has 0 aliphatic carbocycles. The maximum Gasteiger partial charge on any atom is 0.417 e. The van der Waals surface area contributed by atoms with Crippen molar-refractivity contribution in [2.45, 2.75) is 62.5 Å². The molecule has 3 aliphatic heterocycles. The number of hydrogen-bond acceptors (Lipinski definition) is 9. The third-order valence-electron chi connectivity index (χ3n) is 9.77. The van der Waals surface area contributed by atoms with Gasteiger partial charge in [0.15, 0.2) is 5.82 Å². The highest BCUT2D eigenvalue weighted by atomic mass is 32.1. The molecule has 248 valence electrons. The quantitative estimate of drug-likeness (QED) is 0.229. The Morgan fingerprint density at radius 3 is 2.62 bits per heavy atom. The Labute approximate surface area is 269 Å². The van der Waals surface area contributed by atoms with Gasteiger partial charge in [0, 0.05) is 42.4 Å². The summed E-state index contributed by atoms with van der Waals surface area (Å²) in [5.41, 5.74) is 0.943. The lowest BCUT2D eigenvalue weighted by molar-refractivity contribution is -0.137. The summed E-state index contributed by atoms with van der Waals surface area (Å²) in [6.07, 6.45) is -3.81. The van der Waals surface area contributed by atoms with E-state index in [4.69, 9.17) is 10.5 Å². The van der Waals surface area contributed by atoms with Crippen LogP contribution in [0.25, 0.3) is 32.1 Å². The minimum atomic E-state index is -5.09. The molecule has 2 atom stereocenters. The molecule has 0 spiro atoms. The molecule has 47 heavy (non-hydrogen) atoms. The number of rotatable bonds is 5. The number of nitrogens with zero attached hydrogens (tertiary/aromatic N) is 5. The largest absolute Gasteiger partial charge is 0.461 e. The topological polar surface area (TPSA) is 112 Å². The van der Waals surface area contributed by atoms with Crippen LogP contribution in [0.15, 0.2) is 18.2 Å². The van der Waals surface area contributed by atoms with E-state index in [-0.39, 0.29) is 88.9 Å². The SMILES string of the molecule is CC1(O)CCN(c2nc(OCC34CCCN3C[C@H](F)C4)nc3c(F)c(-c4ccc(F)c5sc(N)c(C#N)c45)c(C(F)(F)F)cc23)CC1. The normalized spacial score (nSPS) is 23.0. The average molecular weight is 677 g/mol. The van der Waals surface area contributed by atoms with E-state index >= 15 is 4.39 Å². The van der Waals surface area contributed by atoms with Crippen LogP contribution in [-0.4, -0.2) is 70.1 Å². The van der Waals surface area contributed by atoms with E-state index in [0.717, 1.165) is 24.6 Å². The van der Waals surface area contributed by atoms with Gasteiger partial charge >= 0.3 is 12.2 Å². The van der Waals surface area contributed by atoms with Gasteiger partial charge in [-0.3, -0.25) is 4.90 Å². The van der Waals surface area contributed by atoms with E-state index in [1.807, 2.05) is 11.0 Å². The van der Waals surface area contributed by atoms with E-state index in [0.29, 0.717) is 24.3 Å². The van der Waals surface area contributed by atoms with Crippen molar-refractivity contribution in [1.82, 2.24) is 14.9 Å². The molecule has 2 aromatic carbocycles. The molecule has 5 heterocycles. The number of hydrogen-bond donors (Lipinski definition) is 2. The molecule has 0 radical (unpaired) electrons. The van der Waals surface area contributed by atoms with E-state index in [2.05, 4.69) is 9.97 Å². The van der Waals surface area contributed by atoms with Gasteiger partial charge in [-0.15, -0.1) is 11.3 Å². The first-order chi connectivity index (χ1) is 22.2. The number of aromatic nitrogens is 2. The maximum atomic E-state index is 16.9. The summed E-state index contributed by atoms with van der Waals surface area (Å²) in [5, 5.41) is 19.7. The van der Waals surface area contributed by atoms with Crippen LogP contribution < -0.4 is 15.4 Å². The minimum Gasteiger partial charge on any atom is -0.461 e. The first-order valence-electron chi connectivity index (χ1n) is 15.2. The van der Waals surface area contributed by atoms with Gasteiger partial charge < -0.3 is 20.5 Å². The van der Waals surface area contributed by atoms with Crippen LogP contribution in [0.2, 0.25) is 0 Å². The highest BCUT2D eigenvalue weighted by molar-refractivity contribution is 7.23. The Bertz CT molecular complexity index is 1950. The fraction of sp³-hybridized carbons (Fsp3) is 0.469. The van der Waals surface area contributed by atoms with E-state index in [1.165, 1.54) is 0 Å². The zero-order valence-electron chi connectivity index (χ0n) is 25.2. The molecule has 0 bridgehead atoms. The molecule has 0 saturated carbocycles. The molecule has 15 heteroatoms. The van der Waals surface area contributed by atoms with E-state index in [1.54, 1.807) is 11.8 Å². The van der Waals surface area contributed by atoms with Crippen molar-refractivity contribution in [2.24, 2.45) is 0 Å². The highest BCUT2D eigenvalue weighted by Crippen LogP contribution is 2.48. The monoisotopic (exact) mass is 676 g/mol. The zero-order valence-corrected chi connectivity index (χ0v) is 26.0. The lowest BCUT2D eigenvalue weighted by Crippen LogP contribution is -2.44. The number of nitrogen functional groups attached to an aromatic ring is 1. The van der Waals surface area contributed by atoms with Gasteiger partial charge in [-0.05, 0) is 56.8 Å². The lowest BCUT2D eigenvalue weighted by atomic mass is 9.91. The number of alkyl halides is 4. The first-order valence-corrected chi connectivity index (χ1v) is 16.0. The predicted octanol–water partition coefficient (Wildman–Crippen LogP) is 6.57. The van der Waals surface area contributed by atoms with Crippen molar-refractivity contribution < 1.29 is 36.2 Å². The summed E-state index contributed by atoms with van der Waals surface area (Å²) >= 11 is 0.684. The second-order valence-electron chi connectivity index (χ2n) is 12.9. The smallest absolute Gasteiger partial charge is 0.417 e. The Morgan fingerprint density at radius 1 is 1.17 bits per heavy atom. The molecule has 4 aromatic rings. The van der Waals surface area contributed by atoms with Gasteiger partial charge in [0.25, 0.3) is 0 Å². The first kappa shape index (κ1) is 31.7. The summed E-state index contributed by atoms with van der Waals surface area (Å²) in [5.74, 6) is -2.19. The number of nitrogens with two attached hydrogens (primary N) is 1. The van der Waals surface area contributed by atoms with Crippen LogP contribution >= 0.6 is 11.3 Å². The van der Waals surface area contributed by atoms with E-state index in [9.17, 15) is 32.3 Å². The van der Waals surface area contributed by atoms with Crippen molar-refractivity contribution in [3.63, 3.8) is 0 Å². The Morgan fingerprint density at radius 2 is 1.91 bits per heavy atom.